The van der Waals surface area contributed by atoms with Gasteiger partial charge in [0.2, 0.25) is 0 Å². The van der Waals surface area contributed by atoms with Gasteiger partial charge in [0.25, 0.3) is 15.9 Å². The Labute approximate surface area is 167 Å². The summed E-state index contributed by atoms with van der Waals surface area (Å²) in [5, 5.41) is 9.11. The van der Waals surface area contributed by atoms with Gasteiger partial charge in [-0.2, -0.15) is 0 Å². The highest BCUT2D eigenvalue weighted by Crippen LogP contribution is 2.30. The lowest BCUT2D eigenvalue weighted by Gasteiger charge is -2.14. The van der Waals surface area contributed by atoms with Crippen molar-refractivity contribution >= 4 is 27.7 Å². The lowest BCUT2D eigenvalue weighted by atomic mass is 10.1. The van der Waals surface area contributed by atoms with Gasteiger partial charge in [0.15, 0.2) is 5.16 Å². The molecule has 3 aromatic rings. The fourth-order valence-corrected chi connectivity index (χ4v) is 5.61. The molecule has 0 N–H and O–H groups in total. The molecule has 0 saturated heterocycles. The molecule has 1 aromatic heterocycles. The number of carbonyl (C=O) groups excluding carboxylic acids is 1. The summed E-state index contributed by atoms with van der Waals surface area (Å²) in [6.07, 6.45) is 0.666. The number of amides is 1. The lowest BCUT2D eigenvalue weighted by Crippen LogP contribution is -2.32. The van der Waals surface area contributed by atoms with Gasteiger partial charge in [-0.05, 0) is 17.7 Å². The third kappa shape index (κ3) is 3.31. The smallest absolute Gasteiger partial charge is 0.269 e. The van der Waals surface area contributed by atoms with Crippen molar-refractivity contribution in [3.8, 4) is 0 Å². The van der Waals surface area contributed by atoms with E-state index in [2.05, 4.69) is 10.2 Å². The van der Waals surface area contributed by atoms with Gasteiger partial charge in [-0.1, -0.05) is 54.2 Å². The molecule has 0 spiro atoms. The summed E-state index contributed by atoms with van der Waals surface area (Å²) in [4.78, 5) is 12.5. The van der Waals surface area contributed by atoms with E-state index in [4.69, 9.17) is 0 Å². The van der Waals surface area contributed by atoms with Crippen molar-refractivity contribution in [1.29, 1.82) is 0 Å². The first-order valence-electron chi connectivity index (χ1n) is 8.69. The number of benzene rings is 2. The summed E-state index contributed by atoms with van der Waals surface area (Å²) in [5.41, 5.74) is 1.37. The van der Waals surface area contributed by atoms with Crippen molar-refractivity contribution in [2.24, 2.45) is 7.05 Å². The molecular weight excluding hydrogens is 396 g/mol. The van der Waals surface area contributed by atoms with Crippen molar-refractivity contribution in [3.63, 3.8) is 0 Å². The molecule has 144 valence electrons. The van der Waals surface area contributed by atoms with Crippen LogP contribution in [-0.2, 0) is 23.5 Å². The van der Waals surface area contributed by atoms with E-state index in [0.29, 0.717) is 17.3 Å². The summed E-state index contributed by atoms with van der Waals surface area (Å²) in [6.45, 7) is 0.0847. The zero-order valence-corrected chi connectivity index (χ0v) is 16.8. The van der Waals surface area contributed by atoms with Gasteiger partial charge in [0, 0.05) is 25.8 Å². The lowest BCUT2D eigenvalue weighted by molar-refractivity contribution is 0.0876. The Morgan fingerprint density at radius 1 is 1.00 bits per heavy atom. The number of rotatable bonds is 6. The van der Waals surface area contributed by atoms with Crippen molar-refractivity contribution in [2.45, 2.75) is 16.5 Å². The van der Waals surface area contributed by atoms with Gasteiger partial charge in [-0.3, -0.25) is 4.79 Å². The van der Waals surface area contributed by atoms with E-state index >= 15 is 0 Å². The maximum atomic E-state index is 12.6. The number of fused-ring (bicyclic) bond motifs is 1. The van der Waals surface area contributed by atoms with Crippen LogP contribution in [0.25, 0.3) is 0 Å². The predicted octanol–water partition coefficient (Wildman–Crippen LogP) is 2.34. The predicted molar refractivity (Wildman–Crippen MR) is 106 cm³/mol. The summed E-state index contributed by atoms with van der Waals surface area (Å²) in [7, 11) is -1.88. The van der Waals surface area contributed by atoms with E-state index in [-0.39, 0.29) is 17.0 Å². The molecule has 0 unspecified atom stereocenters. The summed E-state index contributed by atoms with van der Waals surface area (Å²) < 4.78 is 28.0. The van der Waals surface area contributed by atoms with E-state index in [1.807, 2.05) is 41.9 Å². The maximum Gasteiger partial charge on any atom is 0.269 e. The summed E-state index contributed by atoms with van der Waals surface area (Å²) >= 11 is 1.38. The molecule has 9 heteroatoms. The minimum Gasteiger partial charge on any atom is -0.309 e. The van der Waals surface area contributed by atoms with Crippen LogP contribution >= 0.6 is 11.8 Å². The molecular formula is C19H18N4O3S2. The van der Waals surface area contributed by atoms with Crippen LogP contribution in [-0.4, -0.2) is 45.7 Å². The van der Waals surface area contributed by atoms with Crippen LogP contribution < -0.4 is 0 Å². The Morgan fingerprint density at radius 2 is 1.71 bits per heavy atom. The third-order valence-corrected chi connectivity index (χ3v) is 7.41. The van der Waals surface area contributed by atoms with E-state index in [1.165, 1.54) is 17.8 Å². The minimum absolute atomic E-state index is 0.0776. The Hall–Kier alpha value is -2.65. The third-order valence-electron chi connectivity index (χ3n) is 4.57. The second-order valence-electron chi connectivity index (χ2n) is 6.35. The van der Waals surface area contributed by atoms with Crippen LogP contribution in [0, 0.1) is 0 Å². The molecule has 0 aliphatic carbocycles. The molecule has 2 aromatic carbocycles. The maximum absolute atomic E-state index is 12.6. The number of hydrogen-bond donors (Lipinski definition) is 0. The molecule has 0 fully saturated rings. The summed E-state index contributed by atoms with van der Waals surface area (Å²) in [5.74, 6) is 0.751. The average molecular weight is 415 g/mol. The van der Waals surface area contributed by atoms with Crippen molar-refractivity contribution in [2.75, 3.05) is 12.3 Å². The van der Waals surface area contributed by atoms with Gasteiger partial charge in [0.05, 0.1) is 5.56 Å². The number of hydrogen-bond acceptors (Lipinski definition) is 6. The van der Waals surface area contributed by atoms with Crippen LogP contribution in [0.2, 0.25) is 0 Å². The van der Waals surface area contributed by atoms with E-state index < -0.39 is 15.9 Å². The highest BCUT2D eigenvalue weighted by molar-refractivity contribution is 7.99. The van der Waals surface area contributed by atoms with Crippen LogP contribution in [0.1, 0.15) is 21.7 Å². The molecule has 0 bridgehead atoms. The zero-order chi connectivity index (χ0) is 19.7. The Kier molecular flexibility index (Phi) is 4.94. The van der Waals surface area contributed by atoms with Gasteiger partial charge in [0.1, 0.15) is 10.7 Å². The molecule has 1 aliphatic heterocycles. The Morgan fingerprint density at radius 3 is 2.46 bits per heavy atom. The number of nitrogens with zero attached hydrogens (tertiary/aromatic N) is 4. The molecule has 0 radical (unpaired) electrons. The van der Waals surface area contributed by atoms with Gasteiger partial charge in [-0.25, -0.2) is 12.7 Å². The van der Waals surface area contributed by atoms with Crippen LogP contribution in [0.15, 0.2) is 64.6 Å². The summed E-state index contributed by atoms with van der Waals surface area (Å²) in [6, 6.07) is 16.3. The van der Waals surface area contributed by atoms with Gasteiger partial charge < -0.3 is 4.57 Å². The largest absolute Gasteiger partial charge is 0.309 e. The molecule has 4 rings (SSSR count). The first-order valence-corrected chi connectivity index (χ1v) is 11.1. The number of thioether (sulfide) groups is 1. The van der Waals surface area contributed by atoms with Crippen molar-refractivity contribution in [3.05, 3.63) is 71.5 Å². The second kappa shape index (κ2) is 7.40. The standard InChI is InChI=1S/C19H18N4O3S2/c1-22-17(13-14-7-3-2-4-8-14)20-21-19(22)27-12-11-23-18(24)15-9-5-6-10-16(15)28(23,25)26/h2-10H,11-13H2,1H3. The first-order chi connectivity index (χ1) is 13.5. The highest BCUT2D eigenvalue weighted by atomic mass is 32.2. The number of sulfonamides is 1. The normalized spacial score (nSPS) is 15.0. The molecule has 2 heterocycles. The first kappa shape index (κ1) is 18.7. The fourth-order valence-electron chi connectivity index (χ4n) is 3.08. The second-order valence-corrected chi connectivity index (χ2v) is 9.24. The number of aromatic nitrogens is 3. The Balaban J connectivity index is 1.42. The average Bonchev–Trinajstić information content (AvgIpc) is 3.13. The topological polar surface area (TPSA) is 85.2 Å². The zero-order valence-electron chi connectivity index (χ0n) is 15.1. The van der Waals surface area contributed by atoms with Crippen LogP contribution in [0.3, 0.4) is 0 Å². The van der Waals surface area contributed by atoms with Crippen molar-refractivity contribution < 1.29 is 13.2 Å². The molecule has 1 aliphatic rings. The van der Waals surface area contributed by atoms with E-state index in [0.717, 1.165) is 15.7 Å². The monoisotopic (exact) mass is 414 g/mol. The molecule has 1 amide bonds. The quantitative estimate of drug-likeness (QED) is 0.576. The molecule has 0 saturated carbocycles. The van der Waals surface area contributed by atoms with Gasteiger partial charge >= 0.3 is 0 Å². The number of carbonyl (C=O) groups is 1. The minimum atomic E-state index is -3.77. The fraction of sp³-hybridized carbons (Fsp3) is 0.211. The van der Waals surface area contributed by atoms with E-state index in [9.17, 15) is 13.2 Å². The van der Waals surface area contributed by atoms with Crippen molar-refractivity contribution in [1.82, 2.24) is 19.1 Å². The van der Waals surface area contributed by atoms with Crippen LogP contribution in [0.4, 0.5) is 0 Å². The van der Waals surface area contributed by atoms with E-state index in [1.54, 1.807) is 18.2 Å². The SMILES string of the molecule is Cn1c(Cc2ccccc2)nnc1SCCN1C(=O)c2ccccc2S1(=O)=O. The molecule has 7 nitrogen and oxygen atoms in total. The van der Waals surface area contributed by atoms with Crippen LogP contribution in [0.5, 0.6) is 0 Å². The Bertz CT molecular complexity index is 1130. The molecule has 0 atom stereocenters. The molecule has 28 heavy (non-hydrogen) atoms. The van der Waals surface area contributed by atoms with Gasteiger partial charge in [-0.15, -0.1) is 10.2 Å². The highest BCUT2D eigenvalue weighted by Gasteiger charge is 2.40.